The minimum atomic E-state index is -3.88. The smallest absolute Gasteiger partial charge is 0.274 e. The lowest BCUT2D eigenvalue weighted by molar-refractivity contribution is -0.142. The second kappa shape index (κ2) is 13.3. The highest BCUT2D eigenvalue weighted by Crippen LogP contribution is 2.57. The molecule has 7 rings (SSSR count). The number of carbonyl (C=O) groups excluding carboxylic acids is 3. The average molecular weight is 704 g/mol. The molecule has 2 amide bonds. The number of carbonyl (C=O) groups is 3. The first kappa shape index (κ1) is 33.9. The van der Waals surface area contributed by atoms with Crippen LogP contribution in [0.4, 0.5) is 0 Å². The molecule has 3 heterocycles. The molecule has 0 bridgehead atoms. The summed E-state index contributed by atoms with van der Waals surface area (Å²) in [7, 11) is -3.88. The summed E-state index contributed by atoms with van der Waals surface area (Å²) >= 11 is 1.43. The van der Waals surface area contributed by atoms with Gasteiger partial charge >= 0.3 is 0 Å². The van der Waals surface area contributed by atoms with E-state index in [0.717, 1.165) is 47.0 Å². The van der Waals surface area contributed by atoms with Crippen molar-refractivity contribution in [2.75, 3.05) is 6.54 Å². The highest BCUT2D eigenvalue weighted by Gasteiger charge is 2.62. The Kier molecular flexibility index (Phi) is 9.19. The van der Waals surface area contributed by atoms with E-state index in [1.807, 2.05) is 37.3 Å². The van der Waals surface area contributed by atoms with E-state index in [1.165, 1.54) is 11.3 Å². The molecule has 5 atom stereocenters. The number of ether oxygens (including phenoxy) is 1. The minimum Gasteiger partial charge on any atom is -0.465 e. The van der Waals surface area contributed by atoms with Crippen molar-refractivity contribution in [3.05, 3.63) is 71.8 Å². The number of sulfonamides is 1. The summed E-state index contributed by atoms with van der Waals surface area (Å²) in [4.78, 5) is 49.1. The molecule has 3 aromatic rings. The van der Waals surface area contributed by atoms with Crippen LogP contribution in [-0.4, -0.2) is 59.3 Å². The van der Waals surface area contributed by atoms with E-state index in [9.17, 15) is 22.8 Å². The number of benzene rings is 2. The van der Waals surface area contributed by atoms with Gasteiger partial charge in [-0.15, -0.1) is 0 Å². The summed E-state index contributed by atoms with van der Waals surface area (Å²) in [6, 6.07) is 15.2. The van der Waals surface area contributed by atoms with Crippen molar-refractivity contribution in [1.82, 2.24) is 14.6 Å². The number of allylic oxidation sites excluding steroid dienone is 2. The zero-order valence-corrected chi connectivity index (χ0v) is 29.9. The Balaban J connectivity index is 1.18. The number of amides is 2. The third kappa shape index (κ3) is 7.06. The number of Topliss-reactive ketones (excluding diaryl/α,β-unsaturated/α-hetero) is 1. The topological polar surface area (TPSA) is 123 Å². The second-order valence-electron chi connectivity index (χ2n) is 14.9. The Labute approximate surface area is 292 Å². The number of nitrogens with zero attached hydrogens (tertiary/aromatic N) is 2. The number of fused-ring (bicyclic) bond motifs is 3. The largest absolute Gasteiger partial charge is 0.465 e. The fourth-order valence-electron chi connectivity index (χ4n) is 7.47. The maximum atomic E-state index is 14.6. The van der Waals surface area contributed by atoms with Gasteiger partial charge in [0.1, 0.15) is 6.10 Å². The van der Waals surface area contributed by atoms with E-state index >= 15 is 0 Å². The standard InChI is InChI=1S/C38H45N3O6S2/c1-25-14-16-26(17-15-25)20-27-10-6-4-3-5-7-11-28-22-38(28,35(44)40-49(45,46)37(2)18-19-37)23-32(42)31-21-29(24-41(31)34(27)43)47-36-39-30-12-8-9-13-33(30)48-36/h7-9,11-17,27-29,31H,3-6,10,18-24H2,1-2H3,(H,40,44)/b11-7-/t27-,28+,29-,31+,38-/m1/s1. The molecule has 3 fully saturated rings. The van der Waals surface area contributed by atoms with Crippen LogP contribution in [0.1, 0.15) is 82.3 Å². The number of thiazole rings is 1. The fourth-order valence-corrected chi connectivity index (χ4v) is 9.69. The molecular formula is C38H45N3O6S2. The molecule has 0 unspecified atom stereocenters. The lowest BCUT2D eigenvalue weighted by atomic mass is 9.90. The number of nitrogens with one attached hydrogen (secondary N) is 1. The first-order valence-electron chi connectivity index (χ1n) is 17.6. The van der Waals surface area contributed by atoms with E-state index in [-0.39, 0.29) is 42.9 Å². The van der Waals surface area contributed by atoms with E-state index in [4.69, 9.17) is 4.74 Å². The SMILES string of the molecule is Cc1ccc(C[C@H]2CCCCC/C=C\[C@H]3C[C@@]3(C(=O)NS(=O)(=O)C3(C)CC3)CC(=O)[C@@H]3C[C@@H](Oc4nc5ccccc5s4)CN3C2=O)cc1. The van der Waals surface area contributed by atoms with Crippen LogP contribution in [-0.2, 0) is 30.8 Å². The number of aryl methyl sites for hydroxylation is 1. The van der Waals surface area contributed by atoms with Gasteiger partial charge in [0.15, 0.2) is 5.78 Å². The molecule has 11 heteroatoms. The van der Waals surface area contributed by atoms with Crippen molar-refractivity contribution >= 4 is 49.2 Å². The maximum absolute atomic E-state index is 14.6. The van der Waals surface area contributed by atoms with E-state index in [2.05, 4.69) is 40.0 Å². The molecule has 1 saturated heterocycles. The van der Waals surface area contributed by atoms with Crippen molar-refractivity contribution in [2.45, 2.75) is 101 Å². The maximum Gasteiger partial charge on any atom is 0.274 e. The van der Waals surface area contributed by atoms with Gasteiger partial charge < -0.3 is 9.64 Å². The molecular weight excluding hydrogens is 659 g/mol. The Bertz CT molecular complexity index is 1850. The predicted molar refractivity (Wildman–Crippen MR) is 190 cm³/mol. The second-order valence-corrected chi connectivity index (χ2v) is 18.1. The van der Waals surface area contributed by atoms with Crippen LogP contribution in [0.3, 0.4) is 0 Å². The van der Waals surface area contributed by atoms with Crippen molar-refractivity contribution < 1.29 is 27.5 Å². The summed E-state index contributed by atoms with van der Waals surface area (Å²) in [6.07, 6.45) is 10.1. The van der Waals surface area contributed by atoms with Crippen molar-refractivity contribution in [3.8, 4) is 5.19 Å². The fraction of sp³-hybridized carbons (Fsp3) is 0.526. The normalized spacial score (nSPS) is 29.3. The number of hydrogen-bond donors (Lipinski definition) is 1. The van der Waals surface area contributed by atoms with Gasteiger partial charge in [-0.3, -0.25) is 19.1 Å². The lowest BCUT2D eigenvalue weighted by Crippen LogP contribution is -2.47. The highest BCUT2D eigenvalue weighted by atomic mass is 32.2. The van der Waals surface area contributed by atoms with Gasteiger partial charge in [-0.05, 0) is 82.4 Å². The Morgan fingerprint density at radius 2 is 1.86 bits per heavy atom. The third-order valence-electron chi connectivity index (χ3n) is 11.1. The molecule has 2 aromatic carbocycles. The Morgan fingerprint density at radius 1 is 1.08 bits per heavy atom. The number of aromatic nitrogens is 1. The molecule has 1 aromatic heterocycles. The van der Waals surface area contributed by atoms with Crippen LogP contribution in [0.15, 0.2) is 60.7 Å². The number of ketones is 1. The molecule has 2 aliphatic carbocycles. The van der Waals surface area contributed by atoms with Crippen molar-refractivity contribution in [2.24, 2.45) is 17.3 Å². The summed E-state index contributed by atoms with van der Waals surface area (Å²) in [5.41, 5.74) is 1.90. The van der Waals surface area contributed by atoms with Gasteiger partial charge in [0.2, 0.25) is 21.8 Å². The van der Waals surface area contributed by atoms with Gasteiger partial charge in [0.05, 0.1) is 33.0 Å². The van der Waals surface area contributed by atoms with Gasteiger partial charge in [-0.1, -0.05) is 78.3 Å². The molecule has 2 saturated carbocycles. The van der Waals surface area contributed by atoms with E-state index < -0.39 is 38.2 Å². The molecule has 49 heavy (non-hydrogen) atoms. The monoisotopic (exact) mass is 703 g/mol. The number of rotatable bonds is 7. The van der Waals surface area contributed by atoms with E-state index in [0.29, 0.717) is 37.3 Å². The molecule has 0 spiro atoms. The summed E-state index contributed by atoms with van der Waals surface area (Å²) in [6.45, 7) is 3.93. The zero-order chi connectivity index (χ0) is 34.4. The zero-order valence-electron chi connectivity index (χ0n) is 28.2. The van der Waals surface area contributed by atoms with Crippen LogP contribution in [0.5, 0.6) is 5.19 Å². The van der Waals surface area contributed by atoms with Crippen molar-refractivity contribution in [3.63, 3.8) is 0 Å². The lowest BCUT2D eigenvalue weighted by Gasteiger charge is -2.29. The average Bonchev–Trinajstić information content (AvgIpc) is 3.88. The van der Waals surface area contributed by atoms with Gasteiger partial charge in [0.25, 0.3) is 5.19 Å². The number of hydrogen-bond acceptors (Lipinski definition) is 8. The minimum absolute atomic E-state index is 0.0718. The van der Waals surface area contributed by atoms with Gasteiger partial charge in [0, 0.05) is 18.8 Å². The molecule has 4 aliphatic rings. The summed E-state index contributed by atoms with van der Waals surface area (Å²) in [5.74, 6) is -1.46. The molecule has 260 valence electrons. The van der Waals surface area contributed by atoms with Crippen LogP contribution >= 0.6 is 11.3 Å². The van der Waals surface area contributed by atoms with Crippen LogP contribution in [0.2, 0.25) is 0 Å². The Hall–Kier alpha value is -3.57. The van der Waals surface area contributed by atoms with Crippen LogP contribution < -0.4 is 9.46 Å². The summed E-state index contributed by atoms with van der Waals surface area (Å²) in [5, 5.41) is 0.493. The summed E-state index contributed by atoms with van der Waals surface area (Å²) < 4.78 is 35.0. The van der Waals surface area contributed by atoms with Crippen LogP contribution in [0, 0.1) is 24.2 Å². The molecule has 1 N–H and O–H groups in total. The number of para-hydroxylation sites is 1. The van der Waals surface area contributed by atoms with Gasteiger partial charge in [-0.25, -0.2) is 13.4 Å². The predicted octanol–water partition coefficient (Wildman–Crippen LogP) is 6.30. The van der Waals surface area contributed by atoms with Crippen LogP contribution in [0.25, 0.3) is 10.2 Å². The first-order chi connectivity index (χ1) is 23.5. The van der Waals surface area contributed by atoms with Gasteiger partial charge in [-0.2, -0.15) is 0 Å². The molecule has 0 radical (unpaired) electrons. The first-order valence-corrected chi connectivity index (χ1v) is 19.9. The van der Waals surface area contributed by atoms with E-state index in [1.54, 1.807) is 11.8 Å². The molecule has 9 nitrogen and oxygen atoms in total. The quantitative estimate of drug-likeness (QED) is 0.287. The Morgan fingerprint density at radius 3 is 2.61 bits per heavy atom. The molecule has 2 aliphatic heterocycles. The van der Waals surface area contributed by atoms with Crippen molar-refractivity contribution in [1.29, 1.82) is 0 Å². The third-order valence-corrected chi connectivity index (χ3v) is 14.2. The highest BCUT2D eigenvalue weighted by molar-refractivity contribution is 7.91.